The first kappa shape index (κ1) is 20.0. The molecular formula is C24H17N5O2S2. The number of benzene rings is 3. The Kier molecular flexibility index (Phi) is 4.85. The molecule has 3 aromatic carbocycles. The normalized spacial score (nSPS) is 11.5. The van der Waals surface area contributed by atoms with E-state index in [1.807, 2.05) is 71.1 Å². The molecule has 0 saturated heterocycles. The lowest BCUT2D eigenvalue weighted by Crippen LogP contribution is -2.21. The number of rotatable bonds is 5. The number of aromatic nitrogens is 5. The summed E-state index contributed by atoms with van der Waals surface area (Å²) in [6.45, 7) is 0. The van der Waals surface area contributed by atoms with Crippen LogP contribution in [-0.2, 0) is 5.75 Å². The first-order valence-electron chi connectivity index (χ1n) is 10.2. The number of methoxy groups -OCH3 is 1. The molecule has 0 saturated carbocycles. The number of hydrogen-bond acceptors (Lipinski definition) is 7. The minimum absolute atomic E-state index is 0.140. The number of nitrogens with zero attached hydrogens (tertiary/aromatic N) is 5. The number of ether oxygens (including phenoxy) is 1. The zero-order valence-corrected chi connectivity index (χ0v) is 19.1. The van der Waals surface area contributed by atoms with E-state index >= 15 is 0 Å². The Morgan fingerprint density at radius 3 is 2.58 bits per heavy atom. The molecule has 0 bridgehead atoms. The summed E-state index contributed by atoms with van der Waals surface area (Å²) in [5, 5.41) is 11.2. The van der Waals surface area contributed by atoms with Gasteiger partial charge in [0.05, 0.1) is 39.7 Å². The van der Waals surface area contributed by atoms with Gasteiger partial charge in [0.15, 0.2) is 5.16 Å². The molecule has 0 atom stereocenters. The molecule has 6 aromatic rings. The van der Waals surface area contributed by atoms with Crippen LogP contribution in [0.1, 0.15) is 5.01 Å². The van der Waals surface area contributed by atoms with Gasteiger partial charge in [0.2, 0.25) is 5.78 Å². The molecule has 3 heterocycles. The van der Waals surface area contributed by atoms with Crippen LogP contribution in [0.25, 0.3) is 32.6 Å². The average Bonchev–Trinajstić information content (AvgIpc) is 3.47. The molecule has 0 fully saturated rings. The molecule has 3 aromatic heterocycles. The van der Waals surface area contributed by atoms with Crippen molar-refractivity contribution in [1.82, 2.24) is 24.1 Å². The Hall–Kier alpha value is -3.69. The van der Waals surface area contributed by atoms with Gasteiger partial charge < -0.3 is 4.74 Å². The van der Waals surface area contributed by atoms with Gasteiger partial charge in [0.25, 0.3) is 5.56 Å². The van der Waals surface area contributed by atoms with Gasteiger partial charge in [-0.2, -0.15) is 0 Å². The summed E-state index contributed by atoms with van der Waals surface area (Å²) in [5.74, 6) is 1.85. The zero-order chi connectivity index (χ0) is 22.4. The summed E-state index contributed by atoms with van der Waals surface area (Å²) in [7, 11) is 1.61. The van der Waals surface area contributed by atoms with E-state index < -0.39 is 0 Å². The van der Waals surface area contributed by atoms with Gasteiger partial charge >= 0.3 is 0 Å². The van der Waals surface area contributed by atoms with E-state index in [1.165, 1.54) is 0 Å². The summed E-state index contributed by atoms with van der Waals surface area (Å²) in [6, 6.07) is 23.0. The molecule has 0 N–H and O–H groups in total. The summed E-state index contributed by atoms with van der Waals surface area (Å²) in [6.07, 6.45) is 0. The van der Waals surface area contributed by atoms with E-state index in [-0.39, 0.29) is 5.56 Å². The van der Waals surface area contributed by atoms with Crippen LogP contribution >= 0.6 is 23.1 Å². The Morgan fingerprint density at radius 1 is 0.970 bits per heavy atom. The van der Waals surface area contributed by atoms with Gasteiger partial charge in [-0.1, -0.05) is 36.0 Å². The number of thioether (sulfide) groups is 1. The van der Waals surface area contributed by atoms with E-state index in [0.29, 0.717) is 27.8 Å². The third-order valence-electron chi connectivity index (χ3n) is 5.39. The Morgan fingerprint density at radius 2 is 1.76 bits per heavy atom. The lowest BCUT2D eigenvalue weighted by Gasteiger charge is -2.11. The molecule has 33 heavy (non-hydrogen) atoms. The summed E-state index contributed by atoms with van der Waals surface area (Å²) in [5.41, 5.74) is 2.34. The van der Waals surface area contributed by atoms with E-state index in [9.17, 15) is 4.79 Å². The van der Waals surface area contributed by atoms with Crippen molar-refractivity contribution in [2.24, 2.45) is 0 Å². The topological polar surface area (TPSA) is 74.3 Å². The van der Waals surface area contributed by atoms with Crippen molar-refractivity contribution >= 4 is 50.0 Å². The Balaban J connectivity index is 1.49. The first-order chi connectivity index (χ1) is 16.2. The highest BCUT2D eigenvalue weighted by atomic mass is 32.2. The highest BCUT2D eigenvalue weighted by Crippen LogP contribution is 2.29. The monoisotopic (exact) mass is 471 g/mol. The molecule has 0 unspecified atom stereocenters. The van der Waals surface area contributed by atoms with Crippen molar-refractivity contribution in [3.8, 4) is 11.4 Å². The van der Waals surface area contributed by atoms with Crippen molar-refractivity contribution < 1.29 is 4.74 Å². The van der Waals surface area contributed by atoms with Gasteiger partial charge in [-0.05, 0) is 48.5 Å². The highest BCUT2D eigenvalue weighted by molar-refractivity contribution is 7.98. The third kappa shape index (κ3) is 3.37. The second-order valence-electron chi connectivity index (χ2n) is 7.34. The lowest BCUT2D eigenvalue weighted by molar-refractivity contribution is 0.414. The maximum absolute atomic E-state index is 13.4. The molecule has 0 aliphatic heterocycles. The second kappa shape index (κ2) is 8.02. The van der Waals surface area contributed by atoms with Crippen LogP contribution in [0.2, 0.25) is 0 Å². The van der Waals surface area contributed by atoms with Gasteiger partial charge in [0, 0.05) is 0 Å². The minimum Gasteiger partial charge on any atom is -0.497 e. The van der Waals surface area contributed by atoms with Crippen molar-refractivity contribution in [2.75, 3.05) is 7.11 Å². The van der Waals surface area contributed by atoms with Crippen molar-refractivity contribution in [3.63, 3.8) is 0 Å². The van der Waals surface area contributed by atoms with Crippen LogP contribution in [0.15, 0.2) is 82.7 Å². The molecular weight excluding hydrogens is 454 g/mol. The molecule has 6 rings (SSSR count). The van der Waals surface area contributed by atoms with Crippen LogP contribution in [0.3, 0.4) is 0 Å². The van der Waals surface area contributed by atoms with Gasteiger partial charge in [0.1, 0.15) is 10.8 Å². The van der Waals surface area contributed by atoms with Crippen molar-refractivity contribution in [2.45, 2.75) is 10.9 Å². The molecule has 0 spiro atoms. The summed E-state index contributed by atoms with van der Waals surface area (Å²) in [4.78, 5) is 18.1. The van der Waals surface area contributed by atoms with Crippen molar-refractivity contribution in [1.29, 1.82) is 0 Å². The summed E-state index contributed by atoms with van der Waals surface area (Å²) >= 11 is 3.24. The van der Waals surface area contributed by atoms with Gasteiger partial charge in [-0.15, -0.1) is 21.5 Å². The van der Waals surface area contributed by atoms with Crippen LogP contribution in [-0.4, -0.2) is 31.3 Å². The quantitative estimate of drug-likeness (QED) is 0.332. The lowest BCUT2D eigenvalue weighted by atomic mass is 10.2. The fourth-order valence-corrected chi connectivity index (χ4v) is 5.74. The Labute approximate surface area is 196 Å². The highest BCUT2D eigenvalue weighted by Gasteiger charge is 2.18. The smallest absolute Gasteiger partial charge is 0.267 e. The number of hydrogen-bond donors (Lipinski definition) is 0. The van der Waals surface area contributed by atoms with Crippen LogP contribution in [0.4, 0.5) is 0 Å². The SMILES string of the molecule is COc1ccc(-n2c(=O)c3ccccc3n3c(SCc4nc5ccccc5s4)nnc23)cc1. The molecule has 0 radical (unpaired) electrons. The summed E-state index contributed by atoms with van der Waals surface area (Å²) < 4.78 is 9.97. The number of thiazole rings is 1. The van der Waals surface area contributed by atoms with E-state index in [0.717, 1.165) is 26.5 Å². The molecule has 0 aliphatic carbocycles. The first-order valence-corrected chi connectivity index (χ1v) is 12.0. The fourth-order valence-electron chi connectivity index (χ4n) is 3.84. The van der Waals surface area contributed by atoms with Gasteiger partial charge in [-0.3, -0.25) is 9.20 Å². The Bertz CT molecular complexity index is 1650. The van der Waals surface area contributed by atoms with E-state index in [2.05, 4.69) is 16.3 Å². The minimum atomic E-state index is -0.140. The van der Waals surface area contributed by atoms with E-state index in [4.69, 9.17) is 9.72 Å². The molecule has 7 nitrogen and oxygen atoms in total. The predicted molar refractivity (Wildman–Crippen MR) is 132 cm³/mol. The average molecular weight is 472 g/mol. The molecule has 162 valence electrons. The largest absolute Gasteiger partial charge is 0.497 e. The molecule has 9 heteroatoms. The van der Waals surface area contributed by atoms with Crippen molar-refractivity contribution in [3.05, 3.63) is 88.2 Å². The van der Waals surface area contributed by atoms with E-state index in [1.54, 1.807) is 34.8 Å². The third-order valence-corrected chi connectivity index (χ3v) is 7.55. The van der Waals surface area contributed by atoms with Crippen LogP contribution < -0.4 is 10.3 Å². The fraction of sp³-hybridized carbons (Fsp3) is 0.0833. The molecule has 0 amide bonds. The maximum atomic E-state index is 13.4. The molecule has 0 aliphatic rings. The number of para-hydroxylation sites is 2. The number of fused-ring (bicyclic) bond motifs is 4. The van der Waals surface area contributed by atoms with Crippen LogP contribution in [0, 0.1) is 0 Å². The predicted octanol–water partition coefficient (Wildman–Crippen LogP) is 4.94. The van der Waals surface area contributed by atoms with Gasteiger partial charge in [-0.25, -0.2) is 9.55 Å². The second-order valence-corrected chi connectivity index (χ2v) is 9.40. The zero-order valence-electron chi connectivity index (χ0n) is 17.5. The maximum Gasteiger partial charge on any atom is 0.267 e. The standard InChI is InChI=1S/C24H17N5O2S2/c1-31-16-12-10-15(11-13-16)28-22(30)17-6-2-4-8-19(17)29-23(28)26-27-24(29)32-14-21-25-18-7-3-5-9-20(18)33-21/h2-13H,14H2,1H3. The van der Waals surface area contributed by atoms with Crippen LogP contribution in [0.5, 0.6) is 5.75 Å².